The number of nitrogens with zero attached hydrogens (tertiary/aromatic N) is 3. The molecule has 0 aliphatic carbocycles. The number of rotatable bonds is 0. The number of aryl methyl sites for hydroxylation is 1. The van der Waals surface area contributed by atoms with Gasteiger partial charge in [-0.05, 0) is 6.92 Å². The Morgan fingerprint density at radius 1 is 1.86 bits per heavy atom. The summed E-state index contributed by atoms with van der Waals surface area (Å²) in [5.41, 5.74) is 0. The molecule has 1 rings (SSSR count). The molecule has 0 saturated carbocycles. The molecule has 7 heavy (non-hydrogen) atoms. The van der Waals surface area contributed by atoms with Crippen LogP contribution in [-0.2, 0) is 0 Å². The van der Waals surface area contributed by atoms with Crippen LogP contribution in [0.1, 0.15) is 5.82 Å². The maximum Gasteiger partial charge on any atom is 0.155 e. The highest BCUT2D eigenvalue weighted by Crippen LogP contribution is 1.78. The van der Waals surface area contributed by atoms with E-state index >= 15 is 0 Å². The van der Waals surface area contributed by atoms with Crippen molar-refractivity contribution in [1.29, 1.82) is 0 Å². The van der Waals surface area contributed by atoms with E-state index in [0.29, 0.717) is 10.7 Å². The van der Waals surface area contributed by atoms with Crippen molar-refractivity contribution in [2.24, 2.45) is 0 Å². The molecule has 1 aromatic rings. The highest BCUT2D eigenvalue weighted by atomic mass is 16.5. The van der Waals surface area contributed by atoms with E-state index in [-0.39, 0.29) is 0 Å². The van der Waals surface area contributed by atoms with Gasteiger partial charge in [0.25, 0.3) is 0 Å². The van der Waals surface area contributed by atoms with Gasteiger partial charge < -0.3 is 5.21 Å². The molecule has 4 heteroatoms. The van der Waals surface area contributed by atoms with Crippen molar-refractivity contribution in [3.63, 3.8) is 0 Å². The summed E-state index contributed by atoms with van der Waals surface area (Å²) in [5.74, 6) is 0.572. The molecule has 0 fully saturated rings. The minimum atomic E-state index is 0.572. The molecule has 0 saturated heterocycles. The summed E-state index contributed by atoms with van der Waals surface area (Å²) in [7, 11) is 0. The predicted molar refractivity (Wildman–Crippen MR) is 21.9 cm³/mol. The van der Waals surface area contributed by atoms with E-state index in [9.17, 15) is 0 Å². The second-order valence-corrected chi connectivity index (χ2v) is 1.21. The van der Waals surface area contributed by atoms with Gasteiger partial charge in [0.1, 0.15) is 0 Å². The fourth-order valence-corrected chi connectivity index (χ4v) is 0.335. The largest absolute Gasteiger partial charge is 0.410 e. The number of hydrogen-bond donors (Lipinski definition) is 1. The van der Waals surface area contributed by atoms with Crippen LogP contribution in [0.25, 0.3) is 0 Å². The Labute approximate surface area is 40.4 Å². The Bertz CT molecular complexity index is 142. The van der Waals surface area contributed by atoms with E-state index in [0.717, 1.165) is 0 Å². The van der Waals surface area contributed by atoms with E-state index < -0.39 is 0 Å². The first-order valence-corrected chi connectivity index (χ1v) is 1.86. The van der Waals surface area contributed by atoms with Gasteiger partial charge in [0, 0.05) is 0 Å². The van der Waals surface area contributed by atoms with Crippen molar-refractivity contribution < 1.29 is 5.21 Å². The van der Waals surface area contributed by atoms with Gasteiger partial charge in [-0.1, -0.05) is 4.85 Å². The highest BCUT2D eigenvalue weighted by molar-refractivity contribution is 4.71. The van der Waals surface area contributed by atoms with Gasteiger partial charge in [-0.3, -0.25) is 0 Å². The van der Waals surface area contributed by atoms with E-state index in [2.05, 4.69) is 10.1 Å². The fourth-order valence-electron chi connectivity index (χ4n) is 0.335. The second kappa shape index (κ2) is 1.22. The van der Waals surface area contributed by atoms with Gasteiger partial charge in [0.2, 0.25) is 0 Å². The smallest absolute Gasteiger partial charge is 0.155 e. The van der Waals surface area contributed by atoms with Crippen LogP contribution in [0.4, 0.5) is 0 Å². The van der Waals surface area contributed by atoms with E-state index in [1.165, 1.54) is 6.33 Å². The molecule has 0 radical (unpaired) electrons. The highest BCUT2D eigenvalue weighted by Gasteiger charge is 1.85. The van der Waals surface area contributed by atoms with Crippen molar-refractivity contribution in [3.05, 3.63) is 12.2 Å². The Balaban J connectivity index is 3.04. The first-order valence-electron chi connectivity index (χ1n) is 1.86. The average Bonchev–Trinajstić information content (AvgIpc) is 1.87. The first kappa shape index (κ1) is 4.11. The SMILES string of the molecule is Cc1ncn(O)n1. The molecule has 0 spiro atoms. The lowest BCUT2D eigenvalue weighted by Gasteiger charge is -1.76. The number of hydrogen-bond acceptors (Lipinski definition) is 3. The van der Waals surface area contributed by atoms with Crippen LogP contribution in [-0.4, -0.2) is 20.1 Å². The molecule has 0 atom stereocenters. The minimum absolute atomic E-state index is 0.572. The Kier molecular flexibility index (Phi) is 0.714. The molecule has 0 bridgehead atoms. The van der Waals surface area contributed by atoms with Crippen LogP contribution in [0, 0.1) is 6.92 Å². The van der Waals surface area contributed by atoms with Crippen LogP contribution < -0.4 is 0 Å². The Morgan fingerprint density at radius 2 is 2.57 bits per heavy atom. The molecule has 0 aliphatic rings. The van der Waals surface area contributed by atoms with E-state index in [4.69, 9.17) is 5.21 Å². The van der Waals surface area contributed by atoms with Crippen molar-refractivity contribution in [2.75, 3.05) is 0 Å². The van der Waals surface area contributed by atoms with Gasteiger partial charge in [-0.2, -0.15) is 0 Å². The molecular formula is C3H5N3O. The summed E-state index contributed by atoms with van der Waals surface area (Å²) in [5, 5.41) is 11.9. The normalized spacial score (nSPS) is 9.29. The summed E-state index contributed by atoms with van der Waals surface area (Å²) >= 11 is 0. The predicted octanol–water partition coefficient (Wildman–Crippen LogP) is -0.176. The quantitative estimate of drug-likeness (QED) is 0.459. The second-order valence-electron chi connectivity index (χ2n) is 1.21. The molecule has 4 nitrogen and oxygen atoms in total. The van der Waals surface area contributed by atoms with Gasteiger partial charge in [0.05, 0.1) is 0 Å². The monoisotopic (exact) mass is 99.0 g/mol. The zero-order valence-corrected chi connectivity index (χ0v) is 3.87. The van der Waals surface area contributed by atoms with Gasteiger partial charge in [-0.15, -0.1) is 5.10 Å². The van der Waals surface area contributed by atoms with Crippen LogP contribution in [0.5, 0.6) is 0 Å². The van der Waals surface area contributed by atoms with Gasteiger partial charge in [-0.25, -0.2) is 4.98 Å². The van der Waals surface area contributed by atoms with Gasteiger partial charge in [0.15, 0.2) is 12.2 Å². The van der Waals surface area contributed by atoms with Crippen LogP contribution in [0.3, 0.4) is 0 Å². The number of aromatic nitrogens is 3. The maximum atomic E-state index is 8.40. The molecule has 0 unspecified atom stereocenters. The molecule has 0 aromatic carbocycles. The van der Waals surface area contributed by atoms with E-state index in [1.807, 2.05) is 0 Å². The van der Waals surface area contributed by atoms with Crippen LogP contribution in [0.2, 0.25) is 0 Å². The zero-order chi connectivity index (χ0) is 5.28. The zero-order valence-electron chi connectivity index (χ0n) is 3.87. The van der Waals surface area contributed by atoms with Gasteiger partial charge >= 0.3 is 0 Å². The summed E-state index contributed by atoms with van der Waals surface area (Å²) in [6, 6.07) is 0. The topological polar surface area (TPSA) is 50.9 Å². The molecule has 1 N–H and O–H groups in total. The summed E-state index contributed by atoms with van der Waals surface area (Å²) < 4.78 is 0. The Morgan fingerprint density at radius 3 is 2.71 bits per heavy atom. The van der Waals surface area contributed by atoms with Crippen molar-refractivity contribution in [1.82, 2.24) is 14.9 Å². The van der Waals surface area contributed by atoms with Crippen LogP contribution in [0.15, 0.2) is 6.33 Å². The molecule has 0 aliphatic heterocycles. The third-order valence-electron chi connectivity index (χ3n) is 0.595. The molecule has 1 aromatic heterocycles. The standard InChI is InChI=1S/C3H5N3O/c1-3-4-2-6(7)5-3/h2,7H,1H3. The lowest BCUT2D eigenvalue weighted by atomic mass is 10.8. The fraction of sp³-hybridized carbons (Fsp3) is 0.333. The first-order chi connectivity index (χ1) is 3.29. The van der Waals surface area contributed by atoms with Crippen LogP contribution >= 0.6 is 0 Å². The molecule has 38 valence electrons. The summed E-state index contributed by atoms with van der Waals surface area (Å²) in [6.45, 7) is 1.70. The third kappa shape index (κ3) is 0.677. The summed E-state index contributed by atoms with van der Waals surface area (Å²) in [6.07, 6.45) is 1.23. The third-order valence-corrected chi connectivity index (χ3v) is 0.595. The molecule has 1 heterocycles. The van der Waals surface area contributed by atoms with Crippen molar-refractivity contribution >= 4 is 0 Å². The van der Waals surface area contributed by atoms with Crippen molar-refractivity contribution in [3.8, 4) is 0 Å². The lowest BCUT2D eigenvalue weighted by Crippen LogP contribution is -1.88. The lowest BCUT2D eigenvalue weighted by molar-refractivity contribution is 0.147. The Hall–Kier alpha value is -1.06. The molecular weight excluding hydrogens is 94.1 g/mol. The average molecular weight is 99.1 g/mol. The summed E-state index contributed by atoms with van der Waals surface area (Å²) in [4.78, 5) is 4.29. The van der Waals surface area contributed by atoms with Crippen molar-refractivity contribution in [2.45, 2.75) is 6.92 Å². The molecule has 0 amide bonds. The maximum absolute atomic E-state index is 8.40. The van der Waals surface area contributed by atoms with E-state index in [1.54, 1.807) is 6.92 Å². The minimum Gasteiger partial charge on any atom is -0.410 e.